The Labute approximate surface area is 300 Å². The van der Waals surface area contributed by atoms with Crippen molar-refractivity contribution in [3.63, 3.8) is 0 Å². The average molecular weight is 676 g/mol. The molecule has 7 nitrogen and oxygen atoms in total. The van der Waals surface area contributed by atoms with E-state index in [1.165, 1.54) is 24.0 Å². The molecule has 7 heteroatoms. The molecule has 0 saturated carbocycles. The van der Waals surface area contributed by atoms with Gasteiger partial charge in [0.15, 0.2) is 11.4 Å². The normalized spacial score (nSPS) is 32.0. The summed E-state index contributed by atoms with van der Waals surface area (Å²) in [5.41, 5.74) is 10.7. The monoisotopic (exact) mass is 675 g/mol. The summed E-state index contributed by atoms with van der Waals surface area (Å²) in [6.45, 7) is 4.80. The first-order chi connectivity index (χ1) is 25.0. The smallest absolute Gasteiger partial charge is 0.154 e. The zero-order chi connectivity index (χ0) is 34.3. The first-order valence-corrected chi connectivity index (χ1v) is 18.9. The Morgan fingerprint density at radius 3 is 2.24 bits per heavy atom. The van der Waals surface area contributed by atoms with Gasteiger partial charge in [0, 0.05) is 52.9 Å². The van der Waals surface area contributed by atoms with Crippen LogP contribution in [0.15, 0.2) is 115 Å². The summed E-state index contributed by atoms with van der Waals surface area (Å²) in [7, 11) is 0. The van der Waals surface area contributed by atoms with Crippen LogP contribution in [0.4, 0.5) is 28.4 Å². The van der Waals surface area contributed by atoms with Crippen LogP contribution in [0.25, 0.3) is 11.1 Å². The first kappa shape index (κ1) is 31.5. The second-order valence-electron chi connectivity index (χ2n) is 15.5. The van der Waals surface area contributed by atoms with Gasteiger partial charge in [0.25, 0.3) is 0 Å². The van der Waals surface area contributed by atoms with Crippen molar-refractivity contribution >= 4 is 28.4 Å². The van der Waals surface area contributed by atoms with E-state index in [2.05, 4.69) is 77.5 Å². The molecule has 5 aromatic rings. The van der Waals surface area contributed by atoms with Crippen LogP contribution in [0.3, 0.4) is 0 Å². The van der Waals surface area contributed by atoms with Crippen LogP contribution >= 0.6 is 0 Å². The van der Waals surface area contributed by atoms with Crippen LogP contribution in [0.2, 0.25) is 0 Å². The molecule has 0 radical (unpaired) electrons. The van der Waals surface area contributed by atoms with Gasteiger partial charge in [-0.25, -0.2) is 0 Å². The van der Waals surface area contributed by atoms with Gasteiger partial charge in [-0.2, -0.15) is 0 Å². The summed E-state index contributed by atoms with van der Waals surface area (Å²) in [5.74, 6) is 1.19. The van der Waals surface area contributed by atoms with E-state index in [1.54, 1.807) is 0 Å². The topological polar surface area (TPSA) is 82.2 Å². The second-order valence-corrected chi connectivity index (χ2v) is 15.5. The molecule has 0 bridgehead atoms. The minimum atomic E-state index is -0.582. The lowest BCUT2D eigenvalue weighted by Gasteiger charge is -2.47. The lowest BCUT2D eigenvalue weighted by atomic mass is 9.75. The van der Waals surface area contributed by atoms with Gasteiger partial charge in [-0.15, -0.1) is 0 Å². The third-order valence-electron chi connectivity index (χ3n) is 12.9. The number of aryl methyl sites for hydroxylation is 1. The number of nitrogens with one attached hydrogen (secondary N) is 3. The molecule has 5 heterocycles. The molecule has 8 atom stereocenters. The summed E-state index contributed by atoms with van der Waals surface area (Å²) in [6.07, 6.45) is 4.77. The highest BCUT2D eigenvalue weighted by molar-refractivity contribution is 6.00. The lowest BCUT2D eigenvalue weighted by molar-refractivity contribution is 0.165. The minimum absolute atomic E-state index is 0.0642. The predicted octanol–water partition coefficient (Wildman–Crippen LogP) is 9.18. The van der Waals surface area contributed by atoms with Crippen molar-refractivity contribution in [3.05, 3.63) is 148 Å². The molecule has 10 rings (SSSR count). The Balaban J connectivity index is 0.997. The highest BCUT2D eigenvalue weighted by atomic mass is 16.6. The van der Waals surface area contributed by atoms with Crippen molar-refractivity contribution in [3.8, 4) is 11.1 Å². The highest BCUT2D eigenvalue weighted by Crippen LogP contribution is 2.60. The summed E-state index contributed by atoms with van der Waals surface area (Å²) < 4.78 is -1.01. The van der Waals surface area contributed by atoms with Gasteiger partial charge in [-0.05, 0) is 99.0 Å². The Morgan fingerprint density at radius 1 is 0.647 bits per heavy atom. The molecule has 0 spiro atoms. The quantitative estimate of drug-likeness (QED) is 0.131. The third-order valence-corrected chi connectivity index (χ3v) is 12.9. The maximum Gasteiger partial charge on any atom is 0.154 e. The number of benzene rings is 5. The number of quaternary nitrogens is 2. The number of para-hydroxylation sites is 3. The van der Waals surface area contributed by atoms with E-state index in [1.807, 2.05) is 60.7 Å². The number of rotatable bonds is 4. The van der Waals surface area contributed by atoms with E-state index in [4.69, 9.17) is 0 Å². The van der Waals surface area contributed by atoms with Gasteiger partial charge in [0.05, 0.1) is 18.3 Å². The van der Waals surface area contributed by atoms with Gasteiger partial charge >= 0.3 is 0 Å². The van der Waals surface area contributed by atoms with Gasteiger partial charge in [0.1, 0.15) is 23.1 Å². The SMILES string of the molecule is Cc1cc(C2CC3c4ccccc4[N+]([O-])(c4ccccc4)C3CN2)cc2c1[N+]([O-])(c1ccc(C3CCNC4NCCCC43)cc1)c1ccccc1-2. The summed E-state index contributed by atoms with van der Waals surface area (Å²) in [4.78, 5) is 0. The van der Waals surface area contributed by atoms with Gasteiger partial charge in [0.2, 0.25) is 0 Å². The van der Waals surface area contributed by atoms with E-state index in [9.17, 15) is 5.21 Å². The van der Waals surface area contributed by atoms with E-state index in [0.717, 1.165) is 76.6 Å². The molecule has 258 valence electrons. The lowest BCUT2D eigenvalue weighted by Crippen LogP contribution is -2.56. The molecule has 0 aromatic heterocycles. The molecule has 3 fully saturated rings. The molecule has 0 aliphatic carbocycles. The fourth-order valence-electron chi connectivity index (χ4n) is 10.7. The van der Waals surface area contributed by atoms with E-state index >= 15 is 5.21 Å². The molecule has 8 unspecified atom stereocenters. The van der Waals surface area contributed by atoms with Crippen LogP contribution in [0, 0.1) is 23.3 Å². The minimum Gasteiger partial charge on any atom is -0.622 e. The van der Waals surface area contributed by atoms with Gasteiger partial charge in [-0.3, -0.25) is 9.29 Å². The van der Waals surface area contributed by atoms with Crippen LogP contribution < -0.4 is 25.2 Å². The fourth-order valence-corrected chi connectivity index (χ4v) is 10.7. The molecular formula is C44H45N5O2. The highest BCUT2D eigenvalue weighted by Gasteiger charge is 2.52. The zero-order valence-electron chi connectivity index (χ0n) is 29.1. The molecule has 3 N–H and O–H groups in total. The van der Waals surface area contributed by atoms with E-state index < -0.39 is 9.29 Å². The van der Waals surface area contributed by atoms with Crippen molar-refractivity contribution < 1.29 is 0 Å². The first-order valence-electron chi connectivity index (χ1n) is 18.9. The number of fused-ring (bicyclic) bond motifs is 7. The van der Waals surface area contributed by atoms with Crippen molar-refractivity contribution in [1.29, 1.82) is 0 Å². The summed E-state index contributed by atoms with van der Waals surface area (Å²) in [5, 5.41) is 41.6. The zero-order valence-corrected chi connectivity index (χ0v) is 29.1. The molecule has 5 aromatic carbocycles. The Hall–Kier alpha value is -4.18. The van der Waals surface area contributed by atoms with Crippen molar-refractivity contribution in [2.75, 3.05) is 19.6 Å². The standard InChI is InChI=1S/C44H45N5O2/c1-28-24-30(39-26-37-34-12-5-7-15-40(34)48(50,42(37)27-47-39)31-10-3-2-4-11-31)25-38-35-13-6-8-16-41(35)49(51,43(28)38)32-19-17-29(18-20-32)33-21-23-46-44-36(33)14-9-22-45-44/h2-8,10-13,15-20,24-25,33,36-37,39,42,44-47H,9,14,21-23,26-27H2,1H3. The predicted molar refractivity (Wildman–Crippen MR) is 207 cm³/mol. The number of hydroxylamine groups is 1. The molecule has 5 aliphatic heterocycles. The Bertz CT molecular complexity index is 2120. The largest absolute Gasteiger partial charge is 0.622 e. The van der Waals surface area contributed by atoms with E-state index in [-0.39, 0.29) is 18.0 Å². The molecule has 5 aliphatic rings. The number of nitrogens with zero attached hydrogens (tertiary/aromatic N) is 2. The van der Waals surface area contributed by atoms with Crippen LogP contribution in [-0.4, -0.2) is 31.8 Å². The van der Waals surface area contributed by atoms with Crippen LogP contribution in [0.5, 0.6) is 0 Å². The van der Waals surface area contributed by atoms with Gasteiger partial charge < -0.3 is 26.4 Å². The maximum atomic E-state index is 15.5. The molecule has 51 heavy (non-hydrogen) atoms. The third kappa shape index (κ3) is 4.63. The number of hydrogen-bond donors (Lipinski definition) is 3. The number of piperidine rings is 3. The summed E-state index contributed by atoms with van der Waals surface area (Å²) >= 11 is 0. The second kappa shape index (κ2) is 11.9. The van der Waals surface area contributed by atoms with Crippen molar-refractivity contribution in [2.45, 2.75) is 62.7 Å². The van der Waals surface area contributed by atoms with Crippen molar-refractivity contribution in [1.82, 2.24) is 25.2 Å². The Morgan fingerprint density at radius 2 is 1.39 bits per heavy atom. The molecular weight excluding hydrogens is 631 g/mol. The fraction of sp³-hybridized carbons (Fsp3) is 0.318. The molecule has 0 amide bonds. The number of hydrogen-bond acceptors (Lipinski definition) is 5. The Kier molecular flexibility index (Phi) is 7.38. The van der Waals surface area contributed by atoms with Crippen LogP contribution in [0.1, 0.15) is 65.8 Å². The summed E-state index contributed by atoms with van der Waals surface area (Å²) in [6, 6.07) is 39.3. The molecule has 3 saturated heterocycles. The van der Waals surface area contributed by atoms with Gasteiger partial charge in [-0.1, -0.05) is 60.7 Å². The van der Waals surface area contributed by atoms with Crippen molar-refractivity contribution in [2.24, 2.45) is 5.92 Å². The van der Waals surface area contributed by atoms with Crippen LogP contribution in [-0.2, 0) is 0 Å². The average Bonchev–Trinajstić information content (AvgIpc) is 3.61. The maximum absolute atomic E-state index is 15.5. The van der Waals surface area contributed by atoms with E-state index in [0.29, 0.717) is 24.5 Å².